The largest absolute Gasteiger partial charge is 0.387 e. The lowest BCUT2D eigenvalue weighted by Gasteiger charge is -2.27. The van der Waals surface area contributed by atoms with Gasteiger partial charge in [0.15, 0.2) is 28.9 Å². The normalized spacial score (nSPS) is 36.6. The number of aromatic amines is 1. The first-order valence-corrected chi connectivity index (χ1v) is 18.0. The fourth-order valence-corrected chi connectivity index (χ4v) is 8.14. The lowest BCUT2D eigenvalue weighted by molar-refractivity contribution is -0.0600. The summed E-state index contributed by atoms with van der Waals surface area (Å²) in [4.78, 5) is 57.3. The summed E-state index contributed by atoms with van der Waals surface area (Å²) in [6, 6.07) is 0. The Morgan fingerprint density at radius 1 is 0.909 bits per heavy atom. The molecule has 7 rings (SSSR count). The van der Waals surface area contributed by atoms with Gasteiger partial charge in [0.05, 0.1) is 32.0 Å². The minimum Gasteiger partial charge on any atom is -0.387 e. The number of nitrogens with one attached hydrogen (secondary N) is 1. The number of nitrogen functional groups attached to an aromatic ring is 2. The predicted molar refractivity (Wildman–Crippen MR) is 155 cm³/mol. The number of nitrogens with zero attached hydrogens (tertiary/aromatic N) is 7. The number of hydrogen-bond donors (Lipinski definition) is 6. The van der Waals surface area contributed by atoms with Crippen molar-refractivity contribution in [2.75, 3.05) is 24.7 Å². The number of aliphatic hydroxyl groups is 1. The molecule has 9 atom stereocenters. The first kappa shape index (κ1) is 30.1. The summed E-state index contributed by atoms with van der Waals surface area (Å²) in [5.41, 5.74) is 11.7. The van der Waals surface area contributed by atoms with E-state index in [0.717, 1.165) is 0 Å². The number of rotatable bonds is 2. The molecule has 0 aliphatic carbocycles. The van der Waals surface area contributed by atoms with Crippen LogP contribution in [-0.4, -0.2) is 97.7 Å². The van der Waals surface area contributed by atoms with Crippen LogP contribution in [0.4, 0.5) is 11.8 Å². The predicted octanol–water partition coefficient (Wildman–Crippen LogP) is -1.08. The quantitative estimate of drug-likeness (QED) is 0.136. The summed E-state index contributed by atoms with van der Waals surface area (Å²) in [7, 11) is 0. The van der Waals surface area contributed by atoms with Gasteiger partial charge in [-0.05, 0) is 23.6 Å². The summed E-state index contributed by atoms with van der Waals surface area (Å²) in [6.45, 7) is -8.93. The molecule has 24 heteroatoms. The van der Waals surface area contributed by atoms with E-state index in [0.29, 0.717) is 11.2 Å². The average Bonchev–Trinajstić information content (AvgIpc) is 3.72. The molecule has 4 aromatic heterocycles. The molecule has 0 spiro atoms. The molecular formula is C20H24N10O10P2S2. The number of aromatic nitrogens is 8. The molecule has 20 nitrogen and oxygen atoms in total. The Morgan fingerprint density at radius 2 is 1.61 bits per heavy atom. The molecule has 7 heterocycles. The maximum absolute atomic E-state index is 12.3. The van der Waals surface area contributed by atoms with Crippen molar-refractivity contribution in [2.45, 2.75) is 49.4 Å². The molecule has 3 fully saturated rings. The van der Waals surface area contributed by atoms with Crippen molar-refractivity contribution < 1.29 is 42.5 Å². The fourth-order valence-electron chi connectivity index (χ4n) is 5.26. The van der Waals surface area contributed by atoms with E-state index in [9.17, 15) is 19.7 Å². The standard InChI is InChI=1S/C20H24N10O10P2S2/c21-15-11-16(24-4-23-15)29(5-25-11)10-1-7-8(37-10)2-35-42(34,44)40-14-13(31)9(3-36-41(33,43)39-7)38-19(14)30-6-26-12-17(30)27-20(22)28-18(12)32/h4-10,13-14,19,31H,1-3H2,(H,33,43)(H,34,44)(H2,21,23,24)(H3,22,27,28,32)/t7-,8+,9+,10+,13+,14+,19+,41?,42?/m0/s1. The topological polar surface area (TPSA) is 275 Å². The van der Waals surface area contributed by atoms with E-state index in [1.54, 1.807) is 4.57 Å². The molecule has 3 aliphatic rings. The summed E-state index contributed by atoms with van der Waals surface area (Å²) in [5.74, 6) is -0.0154. The molecule has 236 valence electrons. The molecule has 4 aromatic rings. The zero-order valence-electron chi connectivity index (χ0n) is 22.1. The summed E-state index contributed by atoms with van der Waals surface area (Å²) >= 11 is 10.6. The second-order valence-electron chi connectivity index (χ2n) is 10.0. The van der Waals surface area contributed by atoms with E-state index in [1.165, 1.54) is 23.5 Å². The minimum absolute atomic E-state index is 0.00907. The van der Waals surface area contributed by atoms with Crippen LogP contribution in [0.15, 0.2) is 23.8 Å². The van der Waals surface area contributed by atoms with Crippen LogP contribution in [0, 0.1) is 0 Å². The highest BCUT2D eigenvalue weighted by Gasteiger charge is 2.50. The highest BCUT2D eigenvalue weighted by Crippen LogP contribution is 2.54. The Hall–Kier alpha value is -2.56. The van der Waals surface area contributed by atoms with Crippen molar-refractivity contribution >= 4 is 71.1 Å². The van der Waals surface area contributed by atoms with Crippen LogP contribution in [0.25, 0.3) is 22.3 Å². The number of aliphatic hydroxyl groups excluding tert-OH is 1. The van der Waals surface area contributed by atoms with Gasteiger partial charge in [-0.2, -0.15) is 4.98 Å². The van der Waals surface area contributed by atoms with E-state index in [4.69, 9.17) is 62.6 Å². The summed E-state index contributed by atoms with van der Waals surface area (Å²) in [6.07, 6.45) is -3.74. The third-order valence-corrected chi connectivity index (χ3v) is 10.4. The Bertz CT molecular complexity index is 1910. The second-order valence-corrected chi connectivity index (χ2v) is 15.6. The molecule has 44 heavy (non-hydrogen) atoms. The summed E-state index contributed by atoms with van der Waals surface area (Å²) in [5, 5.41) is 11.2. The van der Waals surface area contributed by atoms with Crippen molar-refractivity contribution in [1.82, 2.24) is 39.0 Å². The highest BCUT2D eigenvalue weighted by molar-refractivity contribution is 8.07. The van der Waals surface area contributed by atoms with Crippen molar-refractivity contribution in [2.24, 2.45) is 0 Å². The van der Waals surface area contributed by atoms with Crippen LogP contribution >= 0.6 is 13.4 Å². The van der Waals surface area contributed by atoms with Gasteiger partial charge in [-0.25, -0.2) is 19.9 Å². The monoisotopic (exact) mass is 690 g/mol. The van der Waals surface area contributed by atoms with Gasteiger partial charge >= 0.3 is 13.4 Å². The Morgan fingerprint density at radius 3 is 2.41 bits per heavy atom. The van der Waals surface area contributed by atoms with Gasteiger partial charge in [-0.15, -0.1) is 0 Å². The van der Waals surface area contributed by atoms with Gasteiger partial charge in [0, 0.05) is 6.42 Å². The first-order valence-electron chi connectivity index (χ1n) is 12.8. The fraction of sp³-hybridized carbons (Fsp3) is 0.500. The second kappa shape index (κ2) is 11.1. The Balaban J connectivity index is 1.19. The van der Waals surface area contributed by atoms with Crippen molar-refractivity contribution in [3.63, 3.8) is 0 Å². The molecule has 0 radical (unpaired) electrons. The van der Waals surface area contributed by atoms with Crippen molar-refractivity contribution in [1.29, 1.82) is 0 Å². The number of H-pyrrole nitrogens is 1. The van der Waals surface area contributed by atoms with E-state index < -0.39 is 68.6 Å². The molecule has 0 aromatic carbocycles. The smallest absolute Gasteiger partial charge is 0.325 e. The number of nitrogens with two attached hydrogens (primary N) is 2. The molecule has 0 amide bonds. The third-order valence-electron chi connectivity index (χ3n) is 7.24. The van der Waals surface area contributed by atoms with Crippen LogP contribution in [0.2, 0.25) is 0 Å². The van der Waals surface area contributed by atoms with Crippen LogP contribution in [0.3, 0.4) is 0 Å². The van der Waals surface area contributed by atoms with Crippen LogP contribution in [-0.2, 0) is 51.2 Å². The zero-order chi connectivity index (χ0) is 31.0. The van der Waals surface area contributed by atoms with Gasteiger partial charge in [0.1, 0.15) is 42.5 Å². The SMILES string of the molecule is Nc1nc2c(ncn2[C@@H]2O[C@@H]3COP(O)(=S)O[C@H]4C[C@H](n5cnc6c(N)ncnc65)O[C@@H]4COP(O)(=S)O[C@@H]2[C@@H]3O)c(=O)[nH]1. The molecule has 3 aliphatic heterocycles. The molecule has 2 bridgehead atoms. The zero-order valence-corrected chi connectivity index (χ0v) is 25.5. The lowest BCUT2D eigenvalue weighted by atomic mass is 10.1. The Kier molecular flexibility index (Phi) is 7.56. The maximum Gasteiger partial charge on any atom is 0.325 e. The molecule has 8 N–H and O–H groups in total. The minimum atomic E-state index is -4.13. The first-order chi connectivity index (χ1) is 20.9. The van der Waals surface area contributed by atoms with E-state index in [-0.39, 0.29) is 36.0 Å². The van der Waals surface area contributed by atoms with E-state index in [1.807, 2.05) is 0 Å². The third kappa shape index (κ3) is 5.45. The molecular weight excluding hydrogens is 666 g/mol. The van der Waals surface area contributed by atoms with Crippen molar-refractivity contribution in [3.05, 3.63) is 29.3 Å². The molecule has 3 saturated heterocycles. The number of fused-ring (bicyclic) bond motifs is 5. The number of imidazole rings is 2. The number of hydrogen-bond acceptors (Lipinski definition) is 17. The maximum atomic E-state index is 12.3. The summed E-state index contributed by atoms with van der Waals surface area (Å²) < 4.78 is 37.9. The molecule has 2 unspecified atom stereocenters. The van der Waals surface area contributed by atoms with Gasteiger partial charge in [-0.1, -0.05) is 0 Å². The average molecular weight is 691 g/mol. The van der Waals surface area contributed by atoms with Gasteiger partial charge in [-0.3, -0.25) is 23.4 Å². The number of ether oxygens (including phenoxy) is 2. The van der Waals surface area contributed by atoms with E-state index >= 15 is 0 Å². The van der Waals surface area contributed by atoms with Gasteiger partial charge in [0.2, 0.25) is 5.95 Å². The van der Waals surface area contributed by atoms with Crippen LogP contribution < -0.4 is 17.0 Å². The lowest BCUT2D eigenvalue weighted by Crippen LogP contribution is -2.35. The van der Waals surface area contributed by atoms with Crippen molar-refractivity contribution in [3.8, 4) is 0 Å². The number of anilines is 2. The molecule has 0 saturated carbocycles. The van der Waals surface area contributed by atoms with Gasteiger partial charge in [0.25, 0.3) is 5.56 Å². The van der Waals surface area contributed by atoms with E-state index in [2.05, 4.69) is 29.9 Å². The van der Waals surface area contributed by atoms with Crippen LogP contribution in [0.5, 0.6) is 0 Å². The van der Waals surface area contributed by atoms with Crippen LogP contribution in [0.1, 0.15) is 18.9 Å². The highest BCUT2D eigenvalue weighted by atomic mass is 32.5. The van der Waals surface area contributed by atoms with Gasteiger partial charge < -0.3 is 49.4 Å². The Labute approximate surface area is 255 Å².